The Morgan fingerprint density at radius 3 is 2.80 bits per heavy atom. The quantitative estimate of drug-likeness (QED) is 0.875. The Kier molecular flexibility index (Phi) is 4.00. The van der Waals surface area contributed by atoms with E-state index in [-0.39, 0.29) is 11.3 Å². The van der Waals surface area contributed by atoms with Crippen molar-refractivity contribution in [3.63, 3.8) is 0 Å². The number of thiazole rings is 1. The highest BCUT2D eigenvalue weighted by atomic mass is 32.3. The molecule has 1 amide bonds. The van der Waals surface area contributed by atoms with Gasteiger partial charge in [0.05, 0.1) is 0 Å². The summed E-state index contributed by atoms with van der Waals surface area (Å²) in [5.41, 5.74) is 0.124. The zero-order valence-electron chi connectivity index (χ0n) is 10.2. The van der Waals surface area contributed by atoms with Crippen LogP contribution in [0, 0.1) is 6.92 Å². The summed E-state index contributed by atoms with van der Waals surface area (Å²) < 4.78 is 37.2. The van der Waals surface area contributed by atoms with Crippen molar-refractivity contribution in [2.24, 2.45) is 0 Å². The van der Waals surface area contributed by atoms with E-state index in [0.717, 1.165) is 10.9 Å². The van der Waals surface area contributed by atoms with Crippen molar-refractivity contribution in [3.8, 4) is 5.75 Å². The molecule has 2 rings (SSSR count). The lowest BCUT2D eigenvalue weighted by Crippen LogP contribution is -2.12. The maximum Gasteiger partial charge on any atom is 0.488 e. The van der Waals surface area contributed by atoms with Crippen LogP contribution in [0.5, 0.6) is 5.75 Å². The van der Waals surface area contributed by atoms with Crippen LogP contribution in [-0.2, 0) is 10.5 Å². The Hall–Kier alpha value is -2.00. The van der Waals surface area contributed by atoms with E-state index in [1.54, 1.807) is 6.20 Å². The van der Waals surface area contributed by atoms with Crippen LogP contribution in [0.2, 0.25) is 0 Å². The number of halogens is 1. The van der Waals surface area contributed by atoms with Crippen molar-refractivity contribution < 1.29 is 21.3 Å². The Bertz CT molecular complexity index is 742. The lowest BCUT2D eigenvalue weighted by molar-refractivity contribution is 0.102. The molecule has 1 N–H and O–H groups in total. The number of hydrogen-bond acceptors (Lipinski definition) is 6. The second-order valence-corrected chi connectivity index (χ2v) is 5.92. The van der Waals surface area contributed by atoms with E-state index in [0.29, 0.717) is 5.13 Å². The predicted molar refractivity (Wildman–Crippen MR) is 71.9 cm³/mol. The number of nitrogens with one attached hydrogen (secondary N) is 1. The van der Waals surface area contributed by atoms with Crippen LogP contribution in [0.3, 0.4) is 0 Å². The SMILES string of the molecule is Cc1cnc(NC(=O)c2cccc(OS(=O)(=O)F)c2)s1. The molecule has 0 aliphatic heterocycles. The van der Waals surface area contributed by atoms with E-state index in [4.69, 9.17) is 0 Å². The van der Waals surface area contributed by atoms with Gasteiger partial charge in [-0.2, -0.15) is 8.42 Å². The fourth-order valence-electron chi connectivity index (χ4n) is 1.39. The summed E-state index contributed by atoms with van der Waals surface area (Å²) in [5.74, 6) is -0.781. The maximum atomic E-state index is 12.4. The molecule has 9 heteroatoms. The Morgan fingerprint density at radius 1 is 1.45 bits per heavy atom. The fraction of sp³-hybridized carbons (Fsp3) is 0.0909. The zero-order valence-corrected chi connectivity index (χ0v) is 11.8. The number of hydrogen-bond donors (Lipinski definition) is 1. The second-order valence-electron chi connectivity index (χ2n) is 3.73. The van der Waals surface area contributed by atoms with Gasteiger partial charge >= 0.3 is 10.5 Å². The van der Waals surface area contributed by atoms with Gasteiger partial charge in [-0.05, 0) is 25.1 Å². The van der Waals surface area contributed by atoms with Crippen molar-refractivity contribution >= 4 is 32.9 Å². The minimum absolute atomic E-state index is 0.124. The average Bonchev–Trinajstić information content (AvgIpc) is 2.73. The molecule has 0 spiro atoms. The number of aryl methyl sites for hydroxylation is 1. The van der Waals surface area contributed by atoms with Crippen LogP contribution in [0.25, 0.3) is 0 Å². The molecule has 0 unspecified atom stereocenters. The summed E-state index contributed by atoms with van der Waals surface area (Å²) in [7, 11) is -5.12. The van der Waals surface area contributed by atoms with Gasteiger partial charge in [0.1, 0.15) is 5.75 Å². The Labute approximate surface area is 118 Å². The summed E-state index contributed by atoms with van der Waals surface area (Å²) >= 11 is 1.29. The summed E-state index contributed by atoms with van der Waals surface area (Å²) in [6.07, 6.45) is 1.61. The molecule has 0 fully saturated rings. The van der Waals surface area contributed by atoms with Crippen molar-refractivity contribution in [1.82, 2.24) is 4.98 Å². The molecule has 106 valence electrons. The zero-order chi connectivity index (χ0) is 14.8. The molecule has 20 heavy (non-hydrogen) atoms. The van der Waals surface area contributed by atoms with Crippen molar-refractivity contribution in [3.05, 3.63) is 40.9 Å². The highest BCUT2D eigenvalue weighted by Gasteiger charge is 2.13. The first-order chi connectivity index (χ1) is 9.33. The van der Waals surface area contributed by atoms with Crippen molar-refractivity contribution in [1.29, 1.82) is 0 Å². The Morgan fingerprint density at radius 2 is 2.20 bits per heavy atom. The lowest BCUT2D eigenvalue weighted by atomic mass is 10.2. The third-order valence-electron chi connectivity index (χ3n) is 2.13. The first-order valence-electron chi connectivity index (χ1n) is 5.31. The highest BCUT2D eigenvalue weighted by Crippen LogP contribution is 2.20. The predicted octanol–water partition coefficient (Wildman–Crippen LogP) is 2.30. The van der Waals surface area contributed by atoms with Crippen LogP contribution < -0.4 is 9.50 Å². The molecular formula is C11H9FN2O4S2. The number of aromatic nitrogens is 1. The van der Waals surface area contributed by atoms with E-state index in [2.05, 4.69) is 14.5 Å². The molecule has 0 radical (unpaired) electrons. The van der Waals surface area contributed by atoms with E-state index in [9.17, 15) is 17.1 Å². The van der Waals surface area contributed by atoms with Gasteiger partial charge in [-0.15, -0.1) is 11.3 Å². The summed E-state index contributed by atoms with van der Waals surface area (Å²) in [4.78, 5) is 16.8. The minimum atomic E-state index is -5.12. The van der Waals surface area contributed by atoms with Crippen LogP contribution in [0.1, 0.15) is 15.2 Å². The molecule has 2 aromatic rings. The molecule has 1 aromatic carbocycles. The lowest BCUT2D eigenvalue weighted by Gasteiger charge is -2.04. The fourth-order valence-corrected chi connectivity index (χ4v) is 2.38. The van der Waals surface area contributed by atoms with Gasteiger partial charge in [0.25, 0.3) is 5.91 Å². The number of anilines is 1. The average molecular weight is 316 g/mol. The molecule has 6 nitrogen and oxygen atoms in total. The van der Waals surface area contributed by atoms with E-state index in [1.807, 2.05) is 6.92 Å². The third kappa shape index (κ3) is 4.00. The van der Waals surface area contributed by atoms with Gasteiger partial charge in [0, 0.05) is 16.6 Å². The van der Waals surface area contributed by atoms with Crippen LogP contribution in [0.15, 0.2) is 30.5 Å². The van der Waals surface area contributed by atoms with Gasteiger partial charge in [0.2, 0.25) is 0 Å². The monoisotopic (exact) mass is 316 g/mol. The maximum absolute atomic E-state index is 12.4. The van der Waals surface area contributed by atoms with Gasteiger partial charge in [-0.3, -0.25) is 10.1 Å². The number of benzene rings is 1. The Balaban J connectivity index is 2.16. The summed E-state index contributed by atoms with van der Waals surface area (Å²) in [5, 5.41) is 2.95. The molecule has 1 heterocycles. The number of carbonyl (C=O) groups is 1. The van der Waals surface area contributed by atoms with E-state index >= 15 is 0 Å². The van der Waals surface area contributed by atoms with Gasteiger partial charge in [0.15, 0.2) is 5.13 Å². The molecule has 0 aliphatic carbocycles. The number of amides is 1. The second kappa shape index (κ2) is 5.55. The van der Waals surface area contributed by atoms with Crippen LogP contribution in [0.4, 0.5) is 9.02 Å². The number of rotatable bonds is 4. The summed E-state index contributed by atoms with van der Waals surface area (Å²) in [6.45, 7) is 1.84. The van der Waals surface area contributed by atoms with Crippen molar-refractivity contribution in [2.45, 2.75) is 6.92 Å². The van der Waals surface area contributed by atoms with E-state index < -0.39 is 16.4 Å². The molecular weight excluding hydrogens is 307 g/mol. The van der Waals surface area contributed by atoms with Gasteiger partial charge in [-0.1, -0.05) is 9.95 Å². The smallest absolute Gasteiger partial charge is 0.358 e. The molecule has 1 aromatic heterocycles. The molecule has 0 bridgehead atoms. The van der Waals surface area contributed by atoms with Gasteiger partial charge < -0.3 is 4.18 Å². The van der Waals surface area contributed by atoms with Crippen molar-refractivity contribution in [2.75, 3.05) is 5.32 Å². The van der Waals surface area contributed by atoms with E-state index in [1.165, 1.54) is 29.5 Å². The summed E-state index contributed by atoms with van der Waals surface area (Å²) in [6, 6.07) is 5.16. The third-order valence-corrected chi connectivity index (χ3v) is 3.35. The topological polar surface area (TPSA) is 85.4 Å². The first kappa shape index (κ1) is 14.4. The number of nitrogens with zero attached hydrogens (tertiary/aromatic N) is 1. The molecule has 0 saturated carbocycles. The largest absolute Gasteiger partial charge is 0.488 e. The minimum Gasteiger partial charge on any atom is -0.358 e. The normalized spacial score (nSPS) is 11.1. The molecule has 0 atom stereocenters. The standard InChI is InChI=1S/C11H9FN2O4S2/c1-7-6-13-11(19-7)14-10(15)8-3-2-4-9(5-8)18-20(12,16)17/h2-6H,1H3,(H,13,14,15). The molecule has 0 saturated heterocycles. The highest BCUT2D eigenvalue weighted by molar-refractivity contribution is 7.81. The van der Waals surface area contributed by atoms with Gasteiger partial charge in [-0.25, -0.2) is 4.98 Å². The molecule has 0 aliphatic rings. The van der Waals surface area contributed by atoms with Crippen LogP contribution in [-0.4, -0.2) is 19.3 Å². The van der Waals surface area contributed by atoms with Crippen LogP contribution >= 0.6 is 11.3 Å². The first-order valence-corrected chi connectivity index (χ1v) is 7.44. The number of carbonyl (C=O) groups excluding carboxylic acids is 1.